The van der Waals surface area contributed by atoms with E-state index in [1.807, 2.05) is 30.3 Å². The molecule has 0 spiro atoms. The van der Waals surface area contributed by atoms with E-state index in [9.17, 15) is 19.5 Å². The minimum absolute atomic E-state index is 0.000260. The standard InChI is InChI=1S/C22H14ClN3O4S/c23-13-6-7-16-15(10-13)17(26-20(27)14-8-9-31-19(14)24-22(26)30)18(21(28)29)25(16)11-12-4-2-1-3-5-12/h1-10H,11H2,(H,24,30)(H,28,29). The van der Waals surface area contributed by atoms with Crippen molar-refractivity contribution in [1.29, 1.82) is 0 Å². The molecule has 7 nitrogen and oxygen atoms in total. The van der Waals surface area contributed by atoms with Crippen molar-refractivity contribution in [1.82, 2.24) is 14.1 Å². The van der Waals surface area contributed by atoms with Gasteiger partial charge in [0.2, 0.25) is 0 Å². The van der Waals surface area contributed by atoms with Gasteiger partial charge in [-0.25, -0.2) is 14.2 Å². The maximum Gasteiger partial charge on any atom is 0.354 e. The van der Waals surface area contributed by atoms with Gasteiger partial charge < -0.3 is 9.67 Å². The summed E-state index contributed by atoms with van der Waals surface area (Å²) >= 11 is 7.44. The summed E-state index contributed by atoms with van der Waals surface area (Å²) in [5, 5.41) is 12.9. The molecule has 0 amide bonds. The minimum Gasteiger partial charge on any atom is -0.477 e. The molecule has 0 aliphatic carbocycles. The van der Waals surface area contributed by atoms with Crippen LogP contribution in [0.25, 0.3) is 26.8 Å². The Morgan fingerprint density at radius 3 is 2.58 bits per heavy atom. The molecule has 0 aliphatic heterocycles. The number of aromatic carboxylic acids is 1. The SMILES string of the molecule is O=C(O)c1c(-n2c(=O)[nH]c3sccc3c2=O)c2cc(Cl)ccc2n1Cc1ccccc1. The highest BCUT2D eigenvalue weighted by Gasteiger charge is 2.27. The average molecular weight is 452 g/mol. The number of H-pyrrole nitrogens is 1. The Balaban J connectivity index is 1.93. The number of benzene rings is 2. The summed E-state index contributed by atoms with van der Waals surface area (Å²) < 4.78 is 2.47. The van der Waals surface area contributed by atoms with Gasteiger partial charge in [-0.1, -0.05) is 41.9 Å². The molecule has 9 heteroatoms. The Bertz CT molecular complexity index is 1590. The van der Waals surface area contributed by atoms with Crippen LogP contribution in [0.2, 0.25) is 5.02 Å². The van der Waals surface area contributed by atoms with Gasteiger partial charge in [0, 0.05) is 17.0 Å². The molecule has 31 heavy (non-hydrogen) atoms. The quantitative estimate of drug-likeness (QED) is 0.430. The summed E-state index contributed by atoms with van der Waals surface area (Å²) in [5.74, 6) is -1.25. The fourth-order valence-corrected chi connectivity index (χ4v) is 4.77. The Morgan fingerprint density at radius 2 is 1.84 bits per heavy atom. The molecule has 154 valence electrons. The van der Waals surface area contributed by atoms with Crippen LogP contribution >= 0.6 is 22.9 Å². The predicted octanol–water partition coefficient (Wildman–Crippen LogP) is 4.10. The molecular formula is C22H14ClN3O4S. The smallest absolute Gasteiger partial charge is 0.354 e. The van der Waals surface area contributed by atoms with Gasteiger partial charge in [-0.15, -0.1) is 11.3 Å². The first kappa shape index (κ1) is 19.3. The third-order valence-electron chi connectivity index (χ3n) is 5.13. The highest BCUT2D eigenvalue weighted by Crippen LogP contribution is 2.32. The summed E-state index contributed by atoms with van der Waals surface area (Å²) in [4.78, 5) is 41.6. The second-order valence-electron chi connectivity index (χ2n) is 6.97. The Kier molecular flexibility index (Phi) is 4.53. The summed E-state index contributed by atoms with van der Waals surface area (Å²) in [5.41, 5.74) is -0.0266. The van der Waals surface area contributed by atoms with Crippen LogP contribution in [0.15, 0.2) is 69.6 Å². The van der Waals surface area contributed by atoms with Crippen LogP contribution in [0.4, 0.5) is 0 Å². The van der Waals surface area contributed by atoms with E-state index >= 15 is 0 Å². The monoisotopic (exact) mass is 451 g/mol. The van der Waals surface area contributed by atoms with Crippen molar-refractivity contribution < 1.29 is 9.90 Å². The van der Waals surface area contributed by atoms with Crippen LogP contribution < -0.4 is 11.2 Å². The zero-order valence-corrected chi connectivity index (χ0v) is 17.4. The number of nitrogens with one attached hydrogen (secondary N) is 1. The average Bonchev–Trinajstić information content (AvgIpc) is 3.32. The van der Waals surface area contributed by atoms with E-state index in [0.717, 1.165) is 10.1 Å². The van der Waals surface area contributed by atoms with E-state index in [1.54, 1.807) is 34.2 Å². The number of carbonyl (C=O) groups is 1. The van der Waals surface area contributed by atoms with Gasteiger partial charge in [0.1, 0.15) is 4.83 Å². The number of nitrogens with zero attached hydrogens (tertiary/aromatic N) is 2. The van der Waals surface area contributed by atoms with Gasteiger partial charge in [-0.05, 0) is 35.2 Å². The summed E-state index contributed by atoms with van der Waals surface area (Å²) in [7, 11) is 0. The molecule has 0 saturated heterocycles. The molecule has 0 fully saturated rings. The molecule has 0 aliphatic rings. The van der Waals surface area contributed by atoms with E-state index in [-0.39, 0.29) is 17.9 Å². The Morgan fingerprint density at radius 1 is 1.06 bits per heavy atom. The Hall–Kier alpha value is -3.62. The van der Waals surface area contributed by atoms with Crippen molar-refractivity contribution in [3.63, 3.8) is 0 Å². The maximum atomic E-state index is 13.2. The summed E-state index contributed by atoms with van der Waals surface area (Å²) in [6.45, 7) is 0.244. The third kappa shape index (κ3) is 3.08. The molecule has 2 aromatic carbocycles. The summed E-state index contributed by atoms with van der Waals surface area (Å²) in [6, 6.07) is 15.9. The van der Waals surface area contributed by atoms with E-state index in [1.165, 1.54) is 11.3 Å². The van der Waals surface area contributed by atoms with Crippen LogP contribution in [0.3, 0.4) is 0 Å². The van der Waals surface area contributed by atoms with Crippen LogP contribution in [0, 0.1) is 0 Å². The van der Waals surface area contributed by atoms with E-state index in [2.05, 4.69) is 4.98 Å². The molecule has 0 saturated carbocycles. The van der Waals surface area contributed by atoms with Crippen LogP contribution in [0.1, 0.15) is 16.1 Å². The van der Waals surface area contributed by atoms with Crippen molar-refractivity contribution in [3.8, 4) is 5.69 Å². The van der Waals surface area contributed by atoms with Crippen molar-refractivity contribution in [2.45, 2.75) is 6.54 Å². The fourth-order valence-electron chi connectivity index (χ4n) is 3.83. The van der Waals surface area contributed by atoms with Crippen molar-refractivity contribution in [2.75, 3.05) is 0 Å². The first-order valence-electron chi connectivity index (χ1n) is 9.27. The zero-order valence-electron chi connectivity index (χ0n) is 15.8. The lowest BCUT2D eigenvalue weighted by molar-refractivity contribution is 0.0686. The molecule has 0 atom stereocenters. The number of thiophene rings is 1. The zero-order chi connectivity index (χ0) is 21.7. The molecule has 3 heterocycles. The minimum atomic E-state index is -1.25. The second kappa shape index (κ2) is 7.26. The lowest BCUT2D eigenvalue weighted by Gasteiger charge is -2.10. The number of halogens is 1. The van der Waals surface area contributed by atoms with E-state index in [4.69, 9.17) is 11.6 Å². The van der Waals surface area contributed by atoms with E-state index < -0.39 is 17.2 Å². The van der Waals surface area contributed by atoms with Gasteiger partial charge in [0.15, 0.2) is 5.69 Å². The van der Waals surface area contributed by atoms with Crippen LogP contribution in [-0.4, -0.2) is 25.2 Å². The van der Waals surface area contributed by atoms with Crippen molar-refractivity contribution in [3.05, 3.63) is 97.1 Å². The van der Waals surface area contributed by atoms with Gasteiger partial charge in [0.25, 0.3) is 5.56 Å². The van der Waals surface area contributed by atoms with Gasteiger partial charge in [0.05, 0.1) is 16.6 Å². The molecule has 5 aromatic rings. The van der Waals surface area contributed by atoms with Gasteiger partial charge in [-0.2, -0.15) is 0 Å². The number of aromatic amines is 1. The number of rotatable bonds is 4. The molecule has 0 radical (unpaired) electrons. The molecule has 2 N–H and O–H groups in total. The van der Waals surface area contributed by atoms with Crippen molar-refractivity contribution >= 4 is 50.0 Å². The highest BCUT2D eigenvalue weighted by molar-refractivity contribution is 7.16. The number of carboxylic acid groups (broad SMARTS) is 1. The van der Waals surface area contributed by atoms with Crippen LogP contribution in [0.5, 0.6) is 0 Å². The number of fused-ring (bicyclic) bond motifs is 2. The Labute approximate surface area is 183 Å². The second-order valence-corrected chi connectivity index (χ2v) is 8.32. The van der Waals surface area contributed by atoms with Gasteiger partial charge >= 0.3 is 11.7 Å². The number of aromatic nitrogens is 3. The molecular weight excluding hydrogens is 438 g/mol. The van der Waals surface area contributed by atoms with E-state index in [0.29, 0.717) is 26.1 Å². The first-order valence-corrected chi connectivity index (χ1v) is 10.5. The number of hydrogen-bond acceptors (Lipinski definition) is 4. The number of hydrogen-bond donors (Lipinski definition) is 2. The topological polar surface area (TPSA) is 97.1 Å². The maximum absolute atomic E-state index is 13.2. The lowest BCUT2D eigenvalue weighted by atomic mass is 10.2. The lowest BCUT2D eigenvalue weighted by Crippen LogP contribution is -2.34. The third-order valence-corrected chi connectivity index (χ3v) is 6.20. The fraction of sp³-hybridized carbons (Fsp3) is 0.0455. The largest absolute Gasteiger partial charge is 0.477 e. The van der Waals surface area contributed by atoms with Crippen molar-refractivity contribution in [2.24, 2.45) is 0 Å². The van der Waals surface area contributed by atoms with Crippen LogP contribution in [-0.2, 0) is 6.54 Å². The highest BCUT2D eigenvalue weighted by atomic mass is 35.5. The van der Waals surface area contributed by atoms with Gasteiger partial charge in [-0.3, -0.25) is 9.78 Å². The molecule has 3 aromatic heterocycles. The number of carboxylic acids is 1. The first-order chi connectivity index (χ1) is 15.0. The normalized spacial score (nSPS) is 11.4. The molecule has 5 rings (SSSR count). The molecule has 0 unspecified atom stereocenters. The predicted molar refractivity (Wildman–Crippen MR) is 121 cm³/mol. The summed E-state index contributed by atoms with van der Waals surface area (Å²) in [6.07, 6.45) is 0. The molecule has 0 bridgehead atoms.